The summed E-state index contributed by atoms with van der Waals surface area (Å²) < 4.78 is 0. The predicted molar refractivity (Wildman–Crippen MR) is 160 cm³/mol. The molecule has 0 amide bonds. The number of rotatable bonds is 4. The molecule has 0 atom stereocenters. The van der Waals surface area contributed by atoms with Crippen molar-refractivity contribution in [3.63, 3.8) is 0 Å². The number of anilines is 2. The van der Waals surface area contributed by atoms with Crippen LogP contribution in [0.1, 0.15) is 0 Å². The molecule has 0 bridgehead atoms. The van der Waals surface area contributed by atoms with Gasteiger partial charge in [0.2, 0.25) is 0 Å². The van der Waals surface area contributed by atoms with Crippen molar-refractivity contribution in [2.24, 2.45) is 0 Å². The third kappa shape index (κ3) is 4.01. The summed E-state index contributed by atoms with van der Waals surface area (Å²) in [5.74, 6) is 0. The molecule has 7 aromatic carbocycles. The molecule has 0 aromatic heterocycles. The van der Waals surface area contributed by atoms with Crippen molar-refractivity contribution in [2.75, 3.05) is 5.32 Å². The Morgan fingerprint density at radius 1 is 0.324 bits per heavy atom. The second-order valence-electron chi connectivity index (χ2n) is 9.53. The summed E-state index contributed by atoms with van der Waals surface area (Å²) >= 11 is 0. The first kappa shape index (κ1) is 21.4. The van der Waals surface area contributed by atoms with Crippen LogP contribution in [0.5, 0.6) is 0 Å². The summed E-state index contributed by atoms with van der Waals surface area (Å²) in [6.45, 7) is 0. The van der Waals surface area contributed by atoms with Gasteiger partial charge in [0.1, 0.15) is 0 Å². The fraction of sp³-hybridized carbons (Fsp3) is 0. The number of hydrogen-bond donors (Lipinski definition) is 1. The lowest BCUT2D eigenvalue weighted by Gasteiger charge is -2.11. The van der Waals surface area contributed by atoms with Gasteiger partial charge in [-0.05, 0) is 84.9 Å². The number of nitrogens with one attached hydrogen (secondary N) is 1. The molecule has 0 aliphatic rings. The first-order valence-electron chi connectivity index (χ1n) is 12.7. The molecule has 7 aromatic rings. The highest BCUT2D eigenvalue weighted by atomic mass is 14.9. The van der Waals surface area contributed by atoms with Gasteiger partial charge in [-0.15, -0.1) is 0 Å². The molecule has 1 N–H and O–H groups in total. The van der Waals surface area contributed by atoms with E-state index < -0.39 is 0 Å². The molecule has 0 aliphatic heterocycles. The van der Waals surface area contributed by atoms with Crippen LogP contribution in [0, 0.1) is 0 Å². The third-order valence-corrected chi connectivity index (χ3v) is 7.23. The zero-order valence-corrected chi connectivity index (χ0v) is 20.4. The first-order chi connectivity index (χ1) is 18.3. The smallest absolute Gasteiger partial charge is 0.0384 e. The van der Waals surface area contributed by atoms with E-state index in [0.29, 0.717) is 0 Å². The quantitative estimate of drug-likeness (QED) is 0.252. The van der Waals surface area contributed by atoms with Gasteiger partial charge in [-0.3, -0.25) is 0 Å². The summed E-state index contributed by atoms with van der Waals surface area (Å²) in [6.07, 6.45) is 0. The molecule has 1 nitrogen and oxygen atoms in total. The summed E-state index contributed by atoms with van der Waals surface area (Å²) in [4.78, 5) is 0. The van der Waals surface area contributed by atoms with E-state index >= 15 is 0 Å². The Labute approximate surface area is 216 Å². The Morgan fingerprint density at radius 3 is 1.51 bits per heavy atom. The Kier molecular flexibility index (Phi) is 5.19. The zero-order chi connectivity index (χ0) is 24.6. The SMILES string of the molecule is c1ccc(-c2ccc(Nc3ccc(-c4ccc5ccc6ccc7ccccc7c6c5c4)cc3)cc2)cc1. The fourth-order valence-corrected chi connectivity index (χ4v) is 5.29. The highest BCUT2D eigenvalue weighted by Crippen LogP contribution is 2.35. The van der Waals surface area contributed by atoms with Crippen LogP contribution in [0.25, 0.3) is 54.6 Å². The molecular formula is C36H25N. The van der Waals surface area contributed by atoms with E-state index in [-0.39, 0.29) is 0 Å². The Morgan fingerprint density at radius 2 is 0.811 bits per heavy atom. The molecule has 0 fully saturated rings. The molecule has 174 valence electrons. The van der Waals surface area contributed by atoms with Crippen LogP contribution in [0.2, 0.25) is 0 Å². The number of benzene rings is 7. The number of fused-ring (bicyclic) bond motifs is 5. The molecule has 7 rings (SSSR count). The van der Waals surface area contributed by atoms with Crippen molar-refractivity contribution in [3.05, 3.63) is 146 Å². The fourth-order valence-electron chi connectivity index (χ4n) is 5.29. The molecule has 0 spiro atoms. The van der Waals surface area contributed by atoms with Gasteiger partial charge in [0.05, 0.1) is 0 Å². The molecule has 0 saturated carbocycles. The molecule has 0 radical (unpaired) electrons. The lowest BCUT2D eigenvalue weighted by atomic mass is 9.94. The minimum Gasteiger partial charge on any atom is -0.356 e. The maximum absolute atomic E-state index is 3.54. The first-order valence-corrected chi connectivity index (χ1v) is 12.7. The summed E-state index contributed by atoms with van der Waals surface area (Å²) in [5.41, 5.74) is 7.05. The van der Waals surface area contributed by atoms with Gasteiger partial charge < -0.3 is 5.32 Å². The Hall–Kier alpha value is -4.88. The van der Waals surface area contributed by atoms with Gasteiger partial charge >= 0.3 is 0 Å². The Bertz CT molecular complexity index is 1860. The van der Waals surface area contributed by atoms with E-state index in [4.69, 9.17) is 0 Å². The molecule has 0 aliphatic carbocycles. The second kappa shape index (κ2) is 8.96. The highest BCUT2D eigenvalue weighted by Gasteiger charge is 2.08. The average molecular weight is 472 g/mol. The maximum atomic E-state index is 3.54. The van der Waals surface area contributed by atoms with Crippen LogP contribution < -0.4 is 5.32 Å². The van der Waals surface area contributed by atoms with Gasteiger partial charge in [-0.25, -0.2) is 0 Å². The predicted octanol–water partition coefficient (Wildman–Crippen LogP) is 10.2. The van der Waals surface area contributed by atoms with E-state index in [0.717, 1.165) is 11.4 Å². The van der Waals surface area contributed by atoms with Crippen molar-refractivity contribution < 1.29 is 0 Å². The maximum Gasteiger partial charge on any atom is 0.0384 e. The van der Waals surface area contributed by atoms with Gasteiger partial charge in [-0.2, -0.15) is 0 Å². The van der Waals surface area contributed by atoms with E-state index in [9.17, 15) is 0 Å². The third-order valence-electron chi connectivity index (χ3n) is 7.23. The van der Waals surface area contributed by atoms with Crippen LogP contribution in [0.3, 0.4) is 0 Å². The van der Waals surface area contributed by atoms with E-state index in [1.165, 1.54) is 54.6 Å². The summed E-state index contributed by atoms with van der Waals surface area (Å²) in [7, 11) is 0. The van der Waals surface area contributed by atoms with Crippen molar-refractivity contribution in [1.29, 1.82) is 0 Å². The van der Waals surface area contributed by atoms with Gasteiger partial charge in [0, 0.05) is 11.4 Å². The van der Waals surface area contributed by atoms with E-state index in [2.05, 4.69) is 145 Å². The van der Waals surface area contributed by atoms with Crippen LogP contribution in [-0.4, -0.2) is 0 Å². The topological polar surface area (TPSA) is 12.0 Å². The van der Waals surface area contributed by atoms with E-state index in [1.807, 2.05) is 6.07 Å². The molecule has 0 saturated heterocycles. The van der Waals surface area contributed by atoms with Crippen molar-refractivity contribution >= 4 is 43.7 Å². The lowest BCUT2D eigenvalue weighted by molar-refractivity contribution is 1.54. The average Bonchev–Trinajstić information content (AvgIpc) is 2.98. The molecule has 0 unspecified atom stereocenters. The van der Waals surface area contributed by atoms with Crippen LogP contribution in [0.4, 0.5) is 11.4 Å². The van der Waals surface area contributed by atoms with Crippen LogP contribution >= 0.6 is 0 Å². The summed E-state index contributed by atoms with van der Waals surface area (Å²) in [6, 6.07) is 52.2. The van der Waals surface area contributed by atoms with Crippen molar-refractivity contribution in [2.45, 2.75) is 0 Å². The minimum atomic E-state index is 1.08. The molecule has 0 heterocycles. The van der Waals surface area contributed by atoms with E-state index in [1.54, 1.807) is 0 Å². The second-order valence-corrected chi connectivity index (χ2v) is 9.53. The van der Waals surface area contributed by atoms with Crippen LogP contribution in [-0.2, 0) is 0 Å². The molecule has 37 heavy (non-hydrogen) atoms. The lowest BCUT2D eigenvalue weighted by Crippen LogP contribution is -1.90. The molecule has 1 heteroatoms. The van der Waals surface area contributed by atoms with Crippen molar-refractivity contribution in [3.8, 4) is 22.3 Å². The van der Waals surface area contributed by atoms with Gasteiger partial charge in [0.25, 0.3) is 0 Å². The standard InChI is InChI=1S/C36H25N/c1-2-6-25(7-3-1)26-16-20-32(21-17-26)37-33-22-18-27(19-23-33)31-15-12-29-11-14-30-13-10-28-8-4-5-9-34(28)36(30)35(29)24-31/h1-24,37H. The van der Waals surface area contributed by atoms with Gasteiger partial charge in [0.15, 0.2) is 0 Å². The number of hydrogen-bond acceptors (Lipinski definition) is 1. The van der Waals surface area contributed by atoms with Crippen molar-refractivity contribution in [1.82, 2.24) is 0 Å². The highest BCUT2D eigenvalue weighted by molar-refractivity contribution is 6.20. The largest absolute Gasteiger partial charge is 0.356 e. The minimum absolute atomic E-state index is 1.08. The Balaban J connectivity index is 1.20. The van der Waals surface area contributed by atoms with Crippen LogP contribution in [0.15, 0.2) is 146 Å². The zero-order valence-electron chi connectivity index (χ0n) is 20.4. The summed E-state index contributed by atoms with van der Waals surface area (Å²) in [5, 5.41) is 11.3. The molecular weight excluding hydrogens is 446 g/mol. The normalized spacial score (nSPS) is 11.2. The monoisotopic (exact) mass is 471 g/mol. The van der Waals surface area contributed by atoms with Gasteiger partial charge in [-0.1, -0.05) is 115 Å².